The van der Waals surface area contributed by atoms with E-state index in [1.807, 2.05) is 24.4 Å². The average molecular weight is 289 g/mol. The lowest BCUT2D eigenvalue weighted by Crippen LogP contribution is -2.19. The molecule has 20 heavy (non-hydrogen) atoms. The van der Waals surface area contributed by atoms with Crippen molar-refractivity contribution in [2.24, 2.45) is 0 Å². The van der Waals surface area contributed by atoms with Gasteiger partial charge >= 0.3 is 0 Å². The molecule has 0 unspecified atom stereocenters. The SMILES string of the molecule is CCCNCc1sc(-c2ccccn2)nc1C(C)(C)C. The Labute approximate surface area is 125 Å². The standard InChI is InChI=1S/C16H23N3S/c1-5-9-17-11-13-14(16(2,3)4)19-15(20-13)12-8-6-7-10-18-12/h6-8,10,17H,5,9,11H2,1-4H3. The first kappa shape index (κ1) is 15.1. The van der Waals surface area contributed by atoms with Gasteiger partial charge in [-0.2, -0.15) is 0 Å². The predicted molar refractivity (Wildman–Crippen MR) is 86.0 cm³/mol. The van der Waals surface area contributed by atoms with Crippen molar-refractivity contribution in [1.82, 2.24) is 15.3 Å². The molecule has 4 heteroatoms. The zero-order chi connectivity index (χ0) is 14.6. The van der Waals surface area contributed by atoms with E-state index in [-0.39, 0.29) is 5.41 Å². The van der Waals surface area contributed by atoms with Crippen molar-refractivity contribution in [3.63, 3.8) is 0 Å². The Bertz CT molecular complexity index is 541. The summed E-state index contributed by atoms with van der Waals surface area (Å²) in [6.07, 6.45) is 2.97. The number of aromatic nitrogens is 2. The van der Waals surface area contributed by atoms with E-state index >= 15 is 0 Å². The van der Waals surface area contributed by atoms with Crippen molar-refractivity contribution in [2.75, 3.05) is 6.54 Å². The van der Waals surface area contributed by atoms with E-state index in [1.165, 1.54) is 10.6 Å². The molecular weight excluding hydrogens is 266 g/mol. The Morgan fingerprint density at radius 1 is 1.25 bits per heavy atom. The van der Waals surface area contributed by atoms with Gasteiger partial charge in [-0.25, -0.2) is 4.98 Å². The van der Waals surface area contributed by atoms with Crippen LogP contribution in [0, 0.1) is 0 Å². The minimum absolute atomic E-state index is 0.0623. The minimum atomic E-state index is 0.0623. The van der Waals surface area contributed by atoms with Gasteiger partial charge in [0.2, 0.25) is 0 Å². The van der Waals surface area contributed by atoms with Gasteiger partial charge in [0, 0.05) is 23.0 Å². The largest absolute Gasteiger partial charge is 0.312 e. The second-order valence-electron chi connectivity index (χ2n) is 5.93. The van der Waals surface area contributed by atoms with Gasteiger partial charge in [-0.3, -0.25) is 4.98 Å². The summed E-state index contributed by atoms with van der Waals surface area (Å²) >= 11 is 1.75. The fraction of sp³-hybridized carbons (Fsp3) is 0.500. The van der Waals surface area contributed by atoms with Crippen LogP contribution in [0.15, 0.2) is 24.4 Å². The Balaban J connectivity index is 2.32. The van der Waals surface area contributed by atoms with Crippen molar-refractivity contribution in [2.45, 2.75) is 46.1 Å². The molecular formula is C16H23N3S. The summed E-state index contributed by atoms with van der Waals surface area (Å²) in [5, 5.41) is 4.50. The zero-order valence-electron chi connectivity index (χ0n) is 12.7. The first-order valence-electron chi connectivity index (χ1n) is 7.14. The third kappa shape index (κ3) is 3.64. The van der Waals surface area contributed by atoms with Crippen LogP contribution in [0.2, 0.25) is 0 Å². The summed E-state index contributed by atoms with van der Waals surface area (Å²) in [4.78, 5) is 10.6. The molecule has 2 aromatic rings. The number of rotatable bonds is 5. The molecule has 0 aliphatic rings. The molecule has 0 bridgehead atoms. The van der Waals surface area contributed by atoms with Crippen LogP contribution >= 0.6 is 11.3 Å². The topological polar surface area (TPSA) is 37.8 Å². The van der Waals surface area contributed by atoms with Gasteiger partial charge in [0.1, 0.15) is 5.01 Å². The van der Waals surface area contributed by atoms with Gasteiger partial charge in [-0.05, 0) is 25.1 Å². The maximum absolute atomic E-state index is 4.85. The molecule has 0 amide bonds. The number of hydrogen-bond donors (Lipinski definition) is 1. The number of nitrogens with zero attached hydrogens (tertiary/aromatic N) is 2. The summed E-state index contributed by atoms with van der Waals surface area (Å²) < 4.78 is 0. The number of nitrogens with one attached hydrogen (secondary N) is 1. The van der Waals surface area contributed by atoms with E-state index < -0.39 is 0 Å². The first-order valence-corrected chi connectivity index (χ1v) is 7.96. The van der Waals surface area contributed by atoms with E-state index in [0.717, 1.165) is 30.2 Å². The second kappa shape index (κ2) is 6.46. The highest BCUT2D eigenvalue weighted by Gasteiger charge is 2.23. The van der Waals surface area contributed by atoms with E-state index in [0.29, 0.717) is 0 Å². The smallest absolute Gasteiger partial charge is 0.142 e. The van der Waals surface area contributed by atoms with Gasteiger partial charge in [0.15, 0.2) is 0 Å². The van der Waals surface area contributed by atoms with Crippen LogP contribution < -0.4 is 5.32 Å². The van der Waals surface area contributed by atoms with Crippen LogP contribution in [0.1, 0.15) is 44.7 Å². The molecule has 108 valence electrons. The van der Waals surface area contributed by atoms with E-state index in [2.05, 4.69) is 38.0 Å². The number of pyridine rings is 1. The van der Waals surface area contributed by atoms with Crippen LogP contribution in [0.25, 0.3) is 10.7 Å². The maximum atomic E-state index is 4.85. The van der Waals surface area contributed by atoms with Crippen molar-refractivity contribution in [3.05, 3.63) is 35.0 Å². The van der Waals surface area contributed by atoms with Gasteiger partial charge in [0.05, 0.1) is 11.4 Å². The van der Waals surface area contributed by atoms with E-state index in [1.54, 1.807) is 11.3 Å². The molecule has 3 nitrogen and oxygen atoms in total. The van der Waals surface area contributed by atoms with Crippen molar-refractivity contribution in [1.29, 1.82) is 0 Å². The van der Waals surface area contributed by atoms with Gasteiger partial charge in [-0.15, -0.1) is 11.3 Å². The maximum Gasteiger partial charge on any atom is 0.142 e. The fourth-order valence-corrected chi connectivity index (χ4v) is 3.25. The lowest BCUT2D eigenvalue weighted by atomic mass is 9.91. The fourth-order valence-electron chi connectivity index (χ4n) is 2.04. The van der Waals surface area contributed by atoms with Crippen molar-refractivity contribution in [3.8, 4) is 10.7 Å². The van der Waals surface area contributed by atoms with Crippen LogP contribution in [0.3, 0.4) is 0 Å². The molecule has 0 fully saturated rings. The summed E-state index contributed by atoms with van der Waals surface area (Å²) in [7, 11) is 0. The van der Waals surface area contributed by atoms with Gasteiger partial charge < -0.3 is 5.32 Å². The third-order valence-electron chi connectivity index (χ3n) is 3.00. The summed E-state index contributed by atoms with van der Waals surface area (Å²) in [6.45, 7) is 10.8. The molecule has 2 aromatic heterocycles. The summed E-state index contributed by atoms with van der Waals surface area (Å²) in [6, 6.07) is 5.97. The monoisotopic (exact) mass is 289 g/mol. The average Bonchev–Trinajstić information content (AvgIpc) is 2.84. The second-order valence-corrected chi connectivity index (χ2v) is 7.02. The molecule has 2 rings (SSSR count). The quantitative estimate of drug-likeness (QED) is 0.845. The first-order chi connectivity index (χ1) is 9.52. The number of thiazole rings is 1. The zero-order valence-corrected chi connectivity index (χ0v) is 13.5. The lowest BCUT2D eigenvalue weighted by molar-refractivity contribution is 0.559. The van der Waals surface area contributed by atoms with Crippen LogP contribution in [0.4, 0.5) is 0 Å². The molecule has 0 aliphatic carbocycles. The molecule has 0 aliphatic heterocycles. The molecule has 1 N–H and O–H groups in total. The van der Waals surface area contributed by atoms with Crippen molar-refractivity contribution < 1.29 is 0 Å². The predicted octanol–water partition coefficient (Wildman–Crippen LogP) is 4.00. The normalized spacial score (nSPS) is 11.8. The Hall–Kier alpha value is -1.26. The minimum Gasteiger partial charge on any atom is -0.312 e. The Morgan fingerprint density at radius 2 is 2.05 bits per heavy atom. The molecule has 2 heterocycles. The van der Waals surface area contributed by atoms with Crippen LogP contribution in [0.5, 0.6) is 0 Å². The van der Waals surface area contributed by atoms with Crippen LogP contribution in [-0.2, 0) is 12.0 Å². The summed E-state index contributed by atoms with van der Waals surface area (Å²) in [5.74, 6) is 0. The van der Waals surface area contributed by atoms with Crippen LogP contribution in [-0.4, -0.2) is 16.5 Å². The van der Waals surface area contributed by atoms with Crippen molar-refractivity contribution >= 4 is 11.3 Å². The molecule has 0 saturated heterocycles. The van der Waals surface area contributed by atoms with Gasteiger partial charge in [-0.1, -0.05) is 33.8 Å². The highest BCUT2D eigenvalue weighted by molar-refractivity contribution is 7.15. The summed E-state index contributed by atoms with van der Waals surface area (Å²) in [5.41, 5.74) is 2.21. The Kier molecular flexibility index (Phi) is 4.89. The Morgan fingerprint density at radius 3 is 2.65 bits per heavy atom. The van der Waals surface area contributed by atoms with E-state index in [9.17, 15) is 0 Å². The molecule has 0 radical (unpaired) electrons. The molecule has 0 aromatic carbocycles. The number of hydrogen-bond acceptors (Lipinski definition) is 4. The molecule has 0 saturated carbocycles. The van der Waals surface area contributed by atoms with E-state index in [4.69, 9.17) is 4.98 Å². The molecule has 0 atom stereocenters. The van der Waals surface area contributed by atoms with Gasteiger partial charge in [0.25, 0.3) is 0 Å². The highest BCUT2D eigenvalue weighted by atomic mass is 32.1. The highest BCUT2D eigenvalue weighted by Crippen LogP contribution is 2.33. The third-order valence-corrected chi connectivity index (χ3v) is 4.08. The molecule has 0 spiro atoms. The lowest BCUT2D eigenvalue weighted by Gasteiger charge is -2.17.